The molecule has 2 aromatic rings. The Hall–Kier alpha value is -2.84. The molecule has 0 spiro atoms. The summed E-state index contributed by atoms with van der Waals surface area (Å²) in [4.78, 5) is 34.0. The molecule has 8 heteroatoms. The maximum atomic E-state index is 13.5. The van der Waals surface area contributed by atoms with Crippen LogP contribution in [0.15, 0.2) is 23.0 Å². The van der Waals surface area contributed by atoms with Gasteiger partial charge in [0.25, 0.3) is 5.91 Å². The van der Waals surface area contributed by atoms with Crippen molar-refractivity contribution in [1.82, 2.24) is 15.2 Å². The van der Waals surface area contributed by atoms with Gasteiger partial charge < -0.3 is 29.6 Å². The lowest BCUT2D eigenvalue weighted by Gasteiger charge is -2.41. The topological polar surface area (TPSA) is 86.9 Å². The molecule has 1 aromatic heterocycles. The molecule has 1 saturated carbocycles. The number of anilines is 1. The minimum atomic E-state index is -0.215. The van der Waals surface area contributed by atoms with Crippen LogP contribution in [-0.4, -0.2) is 68.8 Å². The first kappa shape index (κ1) is 29.7. The molecule has 1 aliphatic rings. The number of carbonyl (C=O) groups excluding carboxylic acids is 1. The Morgan fingerprint density at radius 2 is 1.74 bits per heavy atom. The van der Waals surface area contributed by atoms with Gasteiger partial charge in [-0.15, -0.1) is 0 Å². The van der Waals surface area contributed by atoms with Crippen LogP contribution in [0.4, 0.5) is 5.69 Å². The number of aryl methyl sites for hydroxylation is 2. The summed E-state index contributed by atoms with van der Waals surface area (Å²) in [6.45, 7) is 9.87. The van der Waals surface area contributed by atoms with Gasteiger partial charge in [0, 0.05) is 72.6 Å². The first-order valence-corrected chi connectivity index (χ1v) is 13.8. The van der Waals surface area contributed by atoms with Gasteiger partial charge in [0.1, 0.15) is 12.4 Å². The van der Waals surface area contributed by atoms with Crippen molar-refractivity contribution in [3.8, 4) is 5.75 Å². The van der Waals surface area contributed by atoms with Gasteiger partial charge in [0.05, 0.1) is 6.61 Å². The van der Waals surface area contributed by atoms with Crippen LogP contribution in [0, 0.1) is 20.8 Å². The molecule has 2 N–H and O–H groups in total. The molecule has 0 saturated heterocycles. The van der Waals surface area contributed by atoms with Gasteiger partial charge in [-0.2, -0.15) is 0 Å². The summed E-state index contributed by atoms with van der Waals surface area (Å²) in [5, 5.41) is 2.98. The molecule has 8 nitrogen and oxygen atoms in total. The highest BCUT2D eigenvalue weighted by molar-refractivity contribution is 5.97. The first-order valence-electron chi connectivity index (χ1n) is 13.8. The Balaban J connectivity index is 1.92. The van der Waals surface area contributed by atoms with E-state index in [0.717, 1.165) is 48.4 Å². The van der Waals surface area contributed by atoms with Crippen molar-refractivity contribution in [2.24, 2.45) is 0 Å². The lowest BCUT2D eigenvalue weighted by Crippen LogP contribution is -2.43. The molecule has 3 rings (SSSR count). The van der Waals surface area contributed by atoms with Crippen LogP contribution >= 0.6 is 0 Å². The van der Waals surface area contributed by atoms with Crippen molar-refractivity contribution < 1.29 is 14.3 Å². The average Bonchev–Trinajstić information content (AvgIpc) is 2.87. The van der Waals surface area contributed by atoms with Crippen molar-refractivity contribution in [1.29, 1.82) is 0 Å². The number of ether oxygens (including phenoxy) is 2. The number of hydrogen-bond donors (Lipinski definition) is 2. The number of amides is 1. The molecule has 0 bridgehead atoms. The van der Waals surface area contributed by atoms with Crippen molar-refractivity contribution in [3.63, 3.8) is 0 Å². The molecule has 1 fully saturated rings. The van der Waals surface area contributed by atoms with E-state index in [1.54, 1.807) is 13.2 Å². The maximum Gasteiger partial charge on any atom is 0.252 e. The highest BCUT2D eigenvalue weighted by Gasteiger charge is 2.29. The largest absolute Gasteiger partial charge is 0.491 e. The summed E-state index contributed by atoms with van der Waals surface area (Å²) < 4.78 is 11.2. The number of carbonyl (C=O) groups is 1. The number of nitrogens with one attached hydrogen (secondary N) is 2. The summed E-state index contributed by atoms with van der Waals surface area (Å²) >= 11 is 0. The van der Waals surface area contributed by atoms with E-state index in [0.29, 0.717) is 42.2 Å². The number of H-pyrrole nitrogens is 1. The Morgan fingerprint density at radius 3 is 2.34 bits per heavy atom. The summed E-state index contributed by atoms with van der Waals surface area (Å²) in [5.41, 5.74) is 4.62. The Bertz CT molecular complexity index is 1140. The Morgan fingerprint density at radius 1 is 1.05 bits per heavy atom. The number of pyridine rings is 1. The molecular formula is C30H46N4O4. The van der Waals surface area contributed by atoms with E-state index in [1.165, 1.54) is 12.8 Å². The van der Waals surface area contributed by atoms with Crippen LogP contribution in [-0.2, 0) is 11.3 Å². The van der Waals surface area contributed by atoms with Crippen molar-refractivity contribution >= 4 is 11.6 Å². The van der Waals surface area contributed by atoms with Gasteiger partial charge in [0.2, 0.25) is 0 Å². The molecule has 1 aliphatic carbocycles. The number of rotatable bonds is 12. The van der Waals surface area contributed by atoms with E-state index >= 15 is 0 Å². The van der Waals surface area contributed by atoms with Crippen LogP contribution in [0.2, 0.25) is 0 Å². The van der Waals surface area contributed by atoms with Gasteiger partial charge in [-0.25, -0.2) is 0 Å². The van der Waals surface area contributed by atoms with Crippen molar-refractivity contribution in [2.75, 3.05) is 45.9 Å². The molecule has 0 radical (unpaired) electrons. The van der Waals surface area contributed by atoms with Crippen molar-refractivity contribution in [3.05, 3.63) is 56.5 Å². The first-order chi connectivity index (χ1) is 18.2. The highest BCUT2D eigenvalue weighted by Crippen LogP contribution is 2.35. The van der Waals surface area contributed by atoms with Gasteiger partial charge in [-0.05, 0) is 78.6 Å². The van der Waals surface area contributed by atoms with Gasteiger partial charge in [-0.1, -0.05) is 6.92 Å². The number of methoxy groups -OCH3 is 1. The fraction of sp³-hybridized carbons (Fsp3) is 0.600. The third-order valence-corrected chi connectivity index (χ3v) is 7.67. The van der Waals surface area contributed by atoms with Crippen LogP contribution < -0.4 is 20.4 Å². The van der Waals surface area contributed by atoms with E-state index in [4.69, 9.17) is 9.47 Å². The Labute approximate surface area is 227 Å². The molecule has 1 heterocycles. The van der Waals surface area contributed by atoms with E-state index in [1.807, 2.05) is 26.8 Å². The van der Waals surface area contributed by atoms with Gasteiger partial charge in [0.15, 0.2) is 5.43 Å². The lowest BCUT2D eigenvalue weighted by atomic mass is 9.88. The third-order valence-electron chi connectivity index (χ3n) is 7.67. The molecule has 38 heavy (non-hydrogen) atoms. The second-order valence-electron chi connectivity index (χ2n) is 10.7. The minimum Gasteiger partial charge on any atom is -0.491 e. The maximum absolute atomic E-state index is 13.5. The standard InChI is InChI=1S/C30H46N4O4/c1-8-13-34(24-11-9-23(10-12-24)33(5)6)28-18-25(38-15-14-37-7)17-26(21(28)3)30(36)31-19-27-22(4)32-20(2)16-29(27)35/h16-18,23-24H,8-15,19H2,1-7H3,(H,31,36)(H,32,35). The zero-order valence-corrected chi connectivity index (χ0v) is 24.3. The van der Waals surface area contributed by atoms with E-state index in [2.05, 4.69) is 47.2 Å². The predicted octanol–water partition coefficient (Wildman–Crippen LogP) is 4.34. The van der Waals surface area contributed by atoms with Gasteiger partial charge >= 0.3 is 0 Å². The summed E-state index contributed by atoms with van der Waals surface area (Å²) in [6, 6.07) is 6.49. The zero-order valence-electron chi connectivity index (χ0n) is 24.3. The molecule has 1 aromatic carbocycles. The van der Waals surface area contributed by atoms with Crippen LogP contribution in [0.5, 0.6) is 5.75 Å². The quantitative estimate of drug-likeness (QED) is 0.400. The van der Waals surface area contributed by atoms with E-state index in [9.17, 15) is 9.59 Å². The number of aromatic amines is 1. The summed E-state index contributed by atoms with van der Waals surface area (Å²) in [5.74, 6) is 0.438. The fourth-order valence-electron chi connectivity index (χ4n) is 5.52. The minimum absolute atomic E-state index is 0.0736. The molecule has 0 aliphatic heterocycles. The molecule has 210 valence electrons. The van der Waals surface area contributed by atoms with Crippen molar-refractivity contribution in [2.45, 2.75) is 78.4 Å². The van der Waals surface area contributed by atoms with E-state index < -0.39 is 0 Å². The lowest BCUT2D eigenvalue weighted by molar-refractivity contribution is 0.0949. The number of aromatic nitrogens is 1. The molecule has 0 atom stereocenters. The Kier molecular flexibility index (Phi) is 10.8. The van der Waals surface area contributed by atoms with E-state index in [-0.39, 0.29) is 17.9 Å². The zero-order chi connectivity index (χ0) is 27.8. The second-order valence-corrected chi connectivity index (χ2v) is 10.7. The van der Waals surface area contributed by atoms with Crippen LogP contribution in [0.1, 0.15) is 71.9 Å². The summed E-state index contributed by atoms with van der Waals surface area (Å²) in [6.07, 6.45) is 5.58. The third kappa shape index (κ3) is 7.38. The smallest absolute Gasteiger partial charge is 0.252 e. The highest BCUT2D eigenvalue weighted by atomic mass is 16.5. The fourth-order valence-corrected chi connectivity index (χ4v) is 5.52. The van der Waals surface area contributed by atoms with Gasteiger partial charge in [-0.3, -0.25) is 9.59 Å². The van der Waals surface area contributed by atoms with Crippen LogP contribution in [0.3, 0.4) is 0 Å². The second kappa shape index (κ2) is 13.8. The predicted molar refractivity (Wildman–Crippen MR) is 154 cm³/mol. The average molecular weight is 527 g/mol. The molecular weight excluding hydrogens is 480 g/mol. The SMILES string of the molecule is CCCN(c1cc(OCCOC)cc(C(=O)NCc2c(C)[nH]c(C)cc2=O)c1C)C1CCC(N(C)C)CC1. The number of nitrogens with zero attached hydrogens (tertiary/aromatic N) is 2. The number of hydrogen-bond acceptors (Lipinski definition) is 6. The van der Waals surface area contributed by atoms with Crippen LogP contribution in [0.25, 0.3) is 0 Å². The normalized spacial score (nSPS) is 17.5. The molecule has 1 amide bonds. The number of benzene rings is 1. The monoisotopic (exact) mass is 526 g/mol. The molecule has 0 unspecified atom stereocenters. The summed E-state index contributed by atoms with van der Waals surface area (Å²) in [7, 11) is 5.97.